The summed E-state index contributed by atoms with van der Waals surface area (Å²) in [6.07, 6.45) is 1.55. The zero-order chi connectivity index (χ0) is 16.8. The van der Waals surface area contributed by atoms with E-state index in [0.29, 0.717) is 17.2 Å². The average Bonchev–Trinajstić information content (AvgIpc) is 2.48. The van der Waals surface area contributed by atoms with E-state index in [-0.39, 0.29) is 5.91 Å². The molecule has 3 N–H and O–H groups in total. The van der Waals surface area contributed by atoms with Crippen LogP contribution in [0.5, 0.6) is 0 Å². The molecule has 7 nitrogen and oxygen atoms in total. The number of rotatable bonds is 3. The minimum absolute atomic E-state index is 0.188. The van der Waals surface area contributed by atoms with Crippen molar-refractivity contribution in [3.8, 4) is 0 Å². The van der Waals surface area contributed by atoms with Crippen LogP contribution in [0.25, 0.3) is 0 Å². The number of aryl methyl sites for hydroxylation is 1. The minimum atomic E-state index is -0.811. The number of amides is 3. The van der Waals surface area contributed by atoms with E-state index in [1.165, 1.54) is 6.92 Å². The van der Waals surface area contributed by atoms with E-state index in [1.54, 1.807) is 42.6 Å². The van der Waals surface area contributed by atoms with Crippen LogP contribution in [0, 0.1) is 6.92 Å². The molecule has 0 bridgehead atoms. The topological polar surface area (TPSA) is 100 Å². The lowest BCUT2D eigenvalue weighted by Crippen LogP contribution is -2.29. The highest BCUT2D eigenvalue weighted by molar-refractivity contribution is 6.43. The summed E-state index contributed by atoms with van der Waals surface area (Å²) in [5, 5.41) is 7.49. The van der Waals surface area contributed by atoms with Gasteiger partial charge in [-0.2, -0.15) is 0 Å². The maximum Gasteiger partial charge on any atom is 0.315 e. The Bertz CT molecular complexity index is 741. The lowest BCUT2D eigenvalue weighted by Gasteiger charge is -2.07. The van der Waals surface area contributed by atoms with Crippen LogP contribution < -0.4 is 16.0 Å². The Hall–Kier alpha value is -3.22. The van der Waals surface area contributed by atoms with Crippen LogP contribution in [0.15, 0.2) is 42.6 Å². The first kappa shape index (κ1) is 16.2. The van der Waals surface area contributed by atoms with Gasteiger partial charge in [0.05, 0.1) is 0 Å². The highest BCUT2D eigenvalue weighted by Gasteiger charge is 2.14. The molecule has 1 aromatic carbocycles. The number of anilines is 3. The van der Waals surface area contributed by atoms with Crippen LogP contribution in [-0.2, 0) is 14.4 Å². The molecule has 0 atom stereocenters. The molecule has 118 valence electrons. The van der Waals surface area contributed by atoms with Crippen LogP contribution in [0.2, 0.25) is 0 Å². The number of aromatic nitrogens is 1. The number of hydrogen-bond donors (Lipinski definition) is 3. The predicted molar refractivity (Wildman–Crippen MR) is 87.0 cm³/mol. The molecule has 1 heterocycles. The number of hydrogen-bond acceptors (Lipinski definition) is 4. The first-order valence-electron chi connectivity index (χ1n) is 6.86. The number of carbonyl (C=O) groups excluding carboxylic acids is 3. The fourth-order valence-electron chi connectivity index (χ4n) is 1.81. The first-order chi connectivity index (χ1) is 10.9. The van der Waals surface area contributed by atoms with Gasteiger partial charge in [-0.25, -0.2) is 4.98 Å². The third kappa shape index (κ3) is 4.92. The van der Waals surface area contributed by atoms with Crippen molar-refractivity contribution in [1.82, 2.24) is 4.98 Å². The van der Waals surface area contributed by atoms with E-state index >= 15 is 0 Å². The van der Waals surface area contributed by atoms with Crippen molar-refractivity contribution >= 4 is 34.9 Å². The molecule has 0 fully saturated rings. The van der Waals surface area contributed by atoms with Gasteiger partial charge in [0.1, 0.15) is 5.82 Å². The molecular formula is C16H16N4O3. The van der Waals surface area contributed by atoms with Crippen molar-refractivity contribution in [3.05, 3.63) is 48.2 Å². The third-order valence-electron chi connectivity index (χ3n) is 2.83. The van der Waals surface area contributed by atoms with Gasteiger partial charge >= 0.3 is 11.8 Å². The molecule has 0 unspecified atom stereocenters. The number of benzene rings is 1. The normalized spacial score (nSPS) is 9.83. The van der Waals surface area contributed by atoms with E-state index in [2.05, 4.69) is 20.9 Å². The Kier molecular flexibility index (Phi) is 5.03. The summed E-state index contributed by atoms with van der Waals surface area (Å²) in [4.78, 5) is 38.5. The highest BCUT2D eigenvalue weighted by Crippen LogP contribution is 2.13. The van der Waals surface area contributed by atoms with Crippen molar-refractivity contribution in [2.24, 2.45) is 0 Å². The van der Waals surface area contributed by atoms with Gasteiger partial charge in [-0.3, -0.25) is 14.4 Å². The molecule has 2 rings (SSSR count). The van der Waals surface area contributed by atoms with Crippen molar-refractivity contribution in [3.63, 3.8) is 0 Å². The second kappa shape index (κ2) is 7.17. The van der Waals surface area contributed by atoms with E-state index in [1.807, 2.05) is 6.92 Å². The maximum absolute atomic E-state index is 11.8. The molecule has 3 amide bonds. The molecule has 0 spiro atoms. The van der Waals surface area contributed by atoms with Gasteiger partial charge in [0.2, 0.25) is 5.91 Å². The molecule has 0 aliphatic rings. The van der Waals surface area contributed by atoms with Gasteiger partial charge in [-0.05, 0) is 48.9 Å². The zero-order valence-corrected chi connectivity index (χ0v) is 12.7. The summed E-state index contributed by atoms with van der Waals surface area (Å²) >= 11 is 0. The summed E-state index contributed by atoms with van der Waals surface area (Å²) in [6.45, 7) is 3.26. The largest absolute Gasteiger partial charge is 0.326 e. The Morgan fingerprint density at radius 3 is 2.00 bits per heavy atom. The second-order valence-electron chi connectivity index (χ2n) is 4.89. The Labute approximate surface area is 133 Å². The monoisotopic (exact) mass is 312 g/mol. The fraction of sp³-hybridized carbons (Fsp3) is 0.125. The SMILES string of the molecule is CC(=O)Nc1ccc(NC(=O)C(=O)Nc2cc(C)ccn2)cc1. The smallest absolute Gasteiger partial charge is 0.315 e. The zero-order valence-electron chi connectivity index (χ0n) is 12.7. The van der Waals surface area contributed by atoms with Crippen LogP contribution in [-0.4, -0.2) is 22.7 Å². The maximum atomic E-state index is 11.8. The molecule has 0 saturated heterocycles. The van der Waals surface area contributed by atoms with Gasteiger partial charge in [0.15, 0.2) is 0 Å². The number of nitrogens with one attached hydrogen (secondary N) is 3. The molecule has 1 aromatic heterocycles. The lowest BCUT2D eigenvalue weighted by molar-refractivity contribution is -0.133. The predicted octanol–water partition coefficient (Wildman–Crippen LogP) is 1.93. The van der Waals surface area contributed by atoms with E-state index < -0.39 is 11.8 Å². The third-order valence-corrected chi connectivity index (χ3v) is 2.83. The molecule has 23 heavy (non-hydrogen) atoms. The molecule has 0 aliphatic carbocycles. The Morgan fingerprint density at radius 2 is 1.43 bits per heavy atom. The summed E-state index contributed by atoms with van der Waals surface area (Å²) in [5.74, 6) is -1.49. The van der Waals surface area contributed by atoms with Crippen molar-refractivity contribution in [2.45, 2.75) is 13.8 Å². The average molecular weight is 312 g/mol. The summed E-state index contributed by atoms with van der Waals surface area (Å²) in [5.41, 5.74) is 1.96. The molecule has 0 aliphatic heterocycles. The van der Waals surface area contributed by atoms with E-state index in [0.717, 1.165) is 5.56 Å². The fourth-order valence-corrected chi connectivity index (χ4v) is 1.81. The van der Waals surface area contributed by atoms with E-state index in [9.17, 15) is 14.4 Å². The standard InChI is InChI=1S/C16H16N4O3/c1-10-7-8-17-14(9-10)20-16(23)15(22)19-13-5-3-12(4-6-13)18-11(2)21/h3-9H,1-2H3,(H,18,21)(H,19,22)(H,17,20,23). The minimum Gasteiger partial charge on any atom is -0.326 e. The van der Waals surface area contributed by atoms with Crippen molar-refractivity contribution < 1.29 is 14.4 Å². The van der Waals surface area contributed by atoms with Gasteiger partial charge in [0.25, 0.3) is 0 Å². The molecular weight excluding hydrogens is 296 g/mol. The van der Waals surface area contributed by atoms with Gasteiger partial charge in [-0.15, -0.1) is 0 Å². The Balaban J connectivity index is 1.95. The number of pyridine rings is 1. The van der Waals surface area contributed by atoms with Crippen LogP contribution in [0.4, 0.5) is 17.2 Å². The molecule has 7 heteroatoms. The molecule has 0 radical (unpaired) electrons. The summed E-state index contributed by atoms with van der Waals surface area (Å²) < 4.78 is 0. The second-order valence-corrected chi connectivity index (χ2v) is 4.89. The number of nitrogens with zero attached hydrogens (tertiary/aromatic N) is 1. The van der Waals surface area contributed by atoms with Crippen LogP contribution in [0.3, 0.4) is 0 Å². The van der Waals surface area contributed by atoms with Crippen molar-refractivity contribution in [1.29, 1.82) is 0 Å². The molecule has 2 aromatic rings. The quantitative estimate of drug-likeness (QED) is 0.754. The summed E-state index contributed by atoms with van der Waals surface area (Å²) in [7, 11) is 0. The molecule has 0 saturated carbocycles. The van der Waals surface area contributed by atoms with Crippen LogP contribution >= 0.6 is 0 Å². The highest BCUT2D eigenvalue weighted by atomic mass is 16.2. The van der Waals surface area contributed by atoms with Gasteiger partial charge < -0.3 is 16.0 Å². The van der Waals surface area contributed by atoms with Crippen LogP contribution in [0.1, 0.15) is 12.5 Å². The van der Waals surface area contributed by atoms with Gasteiger partial charge in [-0.1, -0.05) is 0 Å². The first-order valence-corrected chi connectivity index (χ1v) is 6.86. The van der Waals surface area contributed by atoms with E-state index in [4.69, 9.17) is 0 Å². The Morgan fingerprint density at radius 1 is 0.870 bits per heavy atom. The van der Waals surface area contributed by atoms with Crippen molar-refractivity contribution in [2.75, 3.05) is 16.0 Å². The lowest BCUT2D eigenvalue weighted by atomic mass is 10.2. The van der Waals surface area contributed by atoms with Gasteiger partial charge in [0, 0.05) is 24.5 Å². The number of carbonyl (C=O) groups is 3. The summed E-state index contributed by atoms with van der Waals surface area (Å²) in [6, 6.07) is 9.86.